The van der Waals surface area contributed by atoms with Gasteiger partial charge in [0.25, 0.3) is 17.5 Å². The Morgan fingerprint density at radius 1 is 1.33 bits per heavy atom. The fraction of sp³-hybridized carbons (Fsp3) is 0.450. The number of likely N-dealkylation sites (N-methyl/N-ethyl adjacent to an activating group) is 1. The monoisotopic (exact) mass is 439 g/mol. The van der Waals surface area contributed by atoms with E-state index in [1.165, 1.54) is 17.0 Å². The number of carbonyl (C=O) groups excluding carboxylic acids is 3. The molecule has 30 heavy (non-hydrogen) atoms. The molecular formula is C20H26ClN3O6. The summed E-state index contributed by atoms with van der Waals surface area (Å²) in [6.07, 6.45) is 0. The van der Waals surface area contributed by atoms with Gasteiger partial charge in [0.2, 0.25) is 0 Å². The van der Waals surface area contributed by atoms with E-state index in [9.17, 15) is 24.5 Å². The molecule has 10 heteroatoms. The van der Waals surface area contributed by atoms with E-state index in [1.807, 2.05) is 0 Å². The lowest BCUT2D eigenvalue weighted by Crippen LogP contribution is -2.46. The molecule has 1 N–H and O–H groups in total. The lowest BCUT2D eigenvalue weighted by molar-refractivity contribution is -0.384. The number of hydrogen-bond donors (Lipinski definition) is 1. The van der Waals surface area contributed by atoms with Gasteiger partial charge in [-0.3, -0.25) is 19.7 Å². The topological polar surface area (TPSA) is 119 Å². The summed E-state index contributed by atoms with van der Waals surface area (Å²) in [6.45, 7) is 11.0. The van der Waals surface area contributed by atoms with Crippen molar-refractivity contribution in [2.45, 2.75) is 33.7 Å². The molecule has 0 spiro atoms. The fourth-order valence-electron chi connectivity index (χ4n) is 2.53. The fourth-order valence-corrected chi connectivity index (χ4v) is 2.72. The number of hydrogen-bond acceptors (Lipinski definition) is 6. The second-order valence-electron chi connectivity index (χ2n) is 7.09. The average Bonchev–Trinajstić information content (AvgIpc) is 2.67. The second-order valence-corrected chi connectivity index (χ2v) is 7.50. The molecule has 0 aromatic heterocycles. The van der Waals surface area contributed by atoms with E-state index in [1.54, 1.807) is 27.7 Å². The van der Waals surface area contributed by atoms with Crippen molar-refractivity contribution in [1.29, 1.82) is 0 Å². The van der Waals surface area contributed by atoms with E-state index in [0.29, 0.717) is 13.1 Å². The van der Waals surface area contributed by atoms with Crippen molar-refractivity contribution < 1.29 is 24.0 Å². The Morgan fingerprint density at radius 2 is 1.97 bits per heavy atom. The first-order valence-corrected chi connectivity index (χ1v) is 9.69. The Labute approximate surface area is 180 Å². The largest absolute Gasteiger partial charge is 0.454 e. The van der Waals surface area contributed by atoms with Gasteiger partial charge in [0.15, 0.2) is 6.61 Å². The SMILES string of the molecule is C=C(C)CN(CC)C(=O)COC(=O)C(NC(=O)c1ccc(Cl)c([N+](=O)[O-])c1)C(C)C. The molecule has 1 aromatic rings. The maximum Gasteiger partial charge on any atom is 0.329 e. The zero-order valence-electron chi connectivity index (χ0n) is 17.4. The first kappa shape index (κ1) is 25.1. The number of esters is 1. The number of benzene rings is 1. The van der Waals surface area contributed by atoms with Gasteiger partial charge in [0.1, 0.15) is 11.1 Å². The van der Waals surface area contributed by atoms with Gasteiger partial charge in [0.05, 0.1) is 4.92 Å². The minimum Gasteiger partial charge on any atom is -0.454 e. The Balaban J connectivity index is 2.84. The van der Waals surface area contributed by atoms with E-state index in [-0.39, 0.29) is 22.4 Å². The maximum atomic E-state index is 12.5. The van der Waals surface area contributed by atoms with Gasteiger partial charge >= 0.3 is 5.97 Å². The third-order valence-corrected chi connectivity index (χ3v) is 4.46. The van der Waals surface area contributed by atoms with Crippen LogP contribution in [0.15, 0.2) is 30.4 Å². The molecule has 1 unspecified atom stereocenters. The highest BCUT2D eigenvalue weighted by Gasteiger charge is 2.28. The van der Waals surface area contributed by atoms with E-state index in [4.69, 9.17) is 16.3 Å². The van der Waals surface area contributed by atoms with Gasteiger partial charge in [-0.05, 0) is 31.9 Å². The molecule has 1 rings (SSSR count). The number of rotatable bonds is 10. The molecule has 164 valence electrons. The average molecular weight is 440 g/mol. The van der Waals surface area contributed by atoms with E-state index in [2.05, 4.69) is 11.9 Å². The summed E-state index contributed by atoms with van der Waals surface area (Å²) in [5.41, 5.74) is 0.343. The van der Waals surface area contributed by atoms with Gasteiger partial charge in [-0.25, -0.2) is 4.79 Å². The van der Waals surface area contributed by atoms with Crippen molar-refractivity contribution in [2.24, 2.45) is 5.92 Å². The number of nitrogens with zero attached hydrogens (tertiary/aromatic N) is 2. The zero-order valence-corrected chi connectivity index (χ0v) is 18.2. The number of halogens is 1. The molecule has 1 atom stereocenters. The van der Waals surface area contributed by atoms with Gasteiger partial charge in [0, 0.05) is 24.7 Å². The molecule has 0 radical (unpaired) electrons. The van der Waals surface area contributed by atoms with Crippen LogP contribution in [0.5, 0.6) is 0 Å². The van der Waals surface area contributed by atoms with Gasteiger partial charge < -0.3 is 15.0 Å². The molecule has 0 fully saturated rings. The van der Waals surface area contributed by atoms with Crippen LogP contribution in [0.1, 0.15) is 38.1 Å². The van der Waals surface area contributed by atoms with Crippen LogP contribution in [-0.4, -0.2) is 53.3 Å². The predicted molar refractivity (Wildman–Crippen MR) is 112 cm³/mol. The number of carbonyl (C=O) groups is 3. The molecule has 9 nitrogen and oxygen atoms in total. The van der Waals surface area contributed by atoms with Crippen molar-refractivity contribution in [3.63, 3.8) is 0 Å². The van der Waals surface area contributed by atoms with E-state index < -0.39 is 35.1 Å². The predicted octanol–water partition coefficient (Wildman–Crippen LogP) is 2.97. The quantitative estimate of drug-likeness (QED) is 0.259. The maximum absolute atomic E-state index is 12.5. The number of amides is 2. The summed E-state index contributed by atoms with van der Waals surface area (Å²) in [4.78, 5) is 49.0. The smallest absolute Gasteiger partial charge is 0.329 e. The van der Waals surface area contributed by atoms with Gasteiger partial charge in [-0.1, -0.05) is 37.6 Å². The van der Waals surface area contributed by atoms with Crippen LogP contribution in [0.25, 0.3) is 0 Å². The van der Waals surface area contributed by atoms with Crippen molar-refractivity contribution in [1.82, 2.24) is 10.2 Å². The van der Waals surface area contributed by atoms with Gasteiger partial charge in [-0.2, -0.15) is 0 Å². The molecule has 0 aliphatic rings. The number of nitro groups is 1. The third kappa shape index (κ3) is 7.14. The molecule has 0 bridgehead atoms. The van der Waals surface area contributed by atoms with Crippen LogP contribution in [0.2, 0.25) is 5.02 Å². The summed E-state index contributed by atoms with van der Waals surface area (Å²) >= 11 is 5.75. The van der Waals surface area contributed by atoms with Gasteiger partial charge in [-0.15, -0.1) is 0 Å². The van der Waals surface area contributed by atoms with Crippen molar-refractivity contribution in [3.05, 3.63) is 51.1 Å². The van der Waals surface area contributed by atoms with Crippen LogP contribution in [-0.2, 0) is 14.3 Å². The van der Waals surface area contributed by atoms with Crippen molar-refractivity contribution >= 4 is 35.1 Å². The minimum atomic E-state index is -1.05. The second kappa shape index (κ2) is 11.3. The lowest BCUT2D eigenvalue weighted by Gasteiger charge is -2.23. The number of nitro benzene ring substituents is 1. The molecule has 0 aliphatic carbocycles. The summed E-state index contributed by atoms with van der Waals surface area (Å²) in [5.74, 6) is -2.21. The Hall–Kier alpha value is -2.94. The molecule has 0 saturated heterocycles. The summed E-state index contributed by atoms with van der Waals surface area (Å²) in [6, 6.07) is 2.53. The normalized spacial score (nSPS) is 11.5. The summed E-state index contributed by atoms with van der Waals surface area (Å²) in [5, 5.41) is 13.4. The van der Waals surface area contributed by atoms with Crippen LogP contribution >= 0.6 is 11.6 Å². The Kier molecular flexibility index (Phi) is 9.45. The molecule has 0 heterocycles. The highest BCUT2D eigenvalue weighted by atomic mass is 35.5. The molecule has 0 aliphatic heterocycles. The summed E-state index contributed by atoms with van der Waals surface area (Å²) in [7, 11) is 0. The van der Waals surface area contributed by atoms with E-state index >= 15 is 0 Å². The van der Waals surface area contributed by atoms with Crippen LogP contribution in [0.3, 0.4) is 0 Å². The van der Waals surface area contributed by atoms with Crippen LogP contribution in [0.4, 0.5) is 5.69 Å². The minimum absolute atomic E-state index is 0.0285. The van der Waals surface area contributed by atoms with E-state index in [0.717, 1.165) is 11.6 Å². The first-order valence-electron chi connectivity index (χ1n) is 9.31. The molecule has 2 amide bonds. The third-order valence-electron chi connectivity index (χ3n) is 4.15. The Morgan fingerprint density at radius 3 is 2.47 bits per heavy atom. The molecule has 0 saturated carbocycles. The lowest BCUT2D eigenvalue weighted by atomic mass is 10.0. The van der Waals surface area contributed by atoms with Crippen molar-refractivity contribution in [2.75, 3.05) is 19.7 Å². The molecule has 1 aromatic carbocycles. The van der Waals surface area contributed by atoms with Crippen LogP contribution in [0, 0.1) is 16.0 Å². The highest BCUT2D eigenvalue weighted by Crippen LogP contribution is 2.25. The highest BCUT2D eigenvalue weighted by molar-refractivity contribution is 6.32. The zero-order chi connectivity index (χ0) is 23.0. The summed E-state index contributed by atoms with van der Waals surface area (Å²) < 4.78 is 5.11. The van der Waals surface area contributed by atoms with Crippen molar-refractivity contribution in [3.8, 4) is 0 Å². The Bertz CT molecular complexity index is 840. The number of nitrogens with one attached hydrogen (secondary N) is 1. The standard InChI is InChI=1S/C20H26ClN3O6/c1-6-23(10-12(2)3)17(25)11-30-20(27)18(13(4)5)22-19(26)14-7-8-15(21)16(9-14)24(28)29/h7-9,13,18H,2,6,10-11H2,1,3-5H3,(H,22,26). The van der Waals surface area contributed by atoms with Crippen LogP contribution < -0.4 is 5.32 Å². The molecular weight excluding hydrogens is 414 g/mol. The number of ether oxygens (including phenoxy) is 1. The first-order chi connectivity index (χ1) is 14.0.